The number of nitrogens with zero attached hydrogens (tertiary/aromatic N) is 2. The summed E-state index contributed by atoms with van der Waals surface area (Å²) in [5.74, 6) is 0.445. The van der Waals surface area contributed by atoms with E-state index in [0.717, 1.165) is 43.7 Å². The molecule has 158 valence electrons. The van der Waals surface area contributed by atoms with E-state index in [1.54, 1.807) is 0 Å². The van der Waals surface area contributed by atoms with E-state index in [-0.39, 0.29) is 18.2 Å². The summed E-state index contributed by atoms with van der Waals surface area (Å²) in [6.45, 7) is 2.80. The Balaban J connectivity index is 1.20. The van der Waals surface area contributed by atoms with Crippen molar-refractivity contribution in [2.24, 2.45) is 5.92 Å². The molecule has 2 aromatic rings. The molecule has 2 heterocycles. The van der Waals surface area contributed by atoms with Gasteiger partial charge in [-0.05, 0) is 49.4 Å². The van der Waals surface area contributed by atoms with Crippen LogP contribution in [-0.4, -0.2) is 44.5 Å². The average molecular weight is 407 g/mol. The second-order valence-electron chi connectivity index (χ2n) is 8.24. The van der Waals surface area contributed by atoms with Crippen LogP contribution in [0.1, 0.15) is 25.7 Å². The zero-order valence-electron chi connectivity index (χ0n) is 17.5. The number of piperidine rings is 1. The van der Waals surface area contributed by atoms with E-state index in [0.29, 0.717) is 12.5 Å². The quantitative estimate of drug-likeness (QED) is 0.773. The Labute approximate surface area is 178 Å². The first-order valence-corrected chi connectivity index (χ1v) is 10.8. The van der Waals surface area contributed by atoms with Crippen molar-refractivity contribution >= 4 is 28.9 Å². The molecule has 1 saturated heterocycles. The molecule has 0 radical (unpaired) electrons. The third-order valence-electron chi connectivity index (χ3n) is 6.30. The molecule has 0 bridgehead atoms. The van der Waals surface area contributed by atoms with Crippen LogP contribution in [0.4, 0.5) is 17.1 Å². The maximum absolute atomic E-state index is 12.5. The second kappa shape index (κ2) is 9.20. The summed E-state index contributed by atoms with van der Waals surface area (Å²) in [5.41, 5.74) is 3.03. The number of carbonyl (C=O) groups excluding carboxylic acids is 2. The molecule has 1 atom stereocenters. The molecule has 2 aliphatic rings. The van der Waals surface area contributed by atoms with Gasteiger partial charge in [0.05, 0.1) is 17.8 Å². The average Bonchev–Trinajstić information content (AvgIpc) is 2.78. The van der Waals surface area contributed by atoms with Gasteiger partial charge in [-0.2, -0.15) is 0 Å². The molecule has 0 saturated carbocycles. The van der Waals surface area contributed by atoms with E-state index < -0.39 is 6.04 Å². The number of nitrogens with one attached hydrogen (secondary N) is 2. The number of rotatable bonds is 6. The first kappa shape index (κ1) is 20.3. The van der Waals surface area contributed by atoms with Crippen molar-refractivity contribution in [3.05, 3.63) is 54.6 Å². The first-order chi connectivity index (χ1) is 14.6. The van der Waals surface area contributed by atoms with Gasteiger partial charge in [0.1, 0.15) is 6.04 Å². The standard InChI is InChI=1S/C24H30N4O2/c1-27-21-10-6-5-9-20(21)26-24(30)22(27)17-23(29)25-14-11-18-12-15-28(16-13-18)19-7-3-2-4-8-19/h2-10,18,22H,11-17H2,1H3,(H,25,29)(H,26,30). The summed E-state index contributed by atoms with van der Waals surface area (Å²) in [6.07, 6.45) is 3.46. The molecule has 1 unspecified atom stereocenters. The van der Waals surface area contributed by atoms with Crippen molar-refractivity contribution in [3.63, 3.8) is 0 Å². The van der Waals surface area contributed by atoms with Crippen molar-refractivity contribution in [1.82, 2.24) is 5.32 Å². The summed E-state index contributed by atoms with van der Waals surface area (Å²) in [7, 11) is 1.87. The molecule has 4 rings (SSSR count). The molecule has 0 spiro atoms. The van der Waals surface area contributed by atoms with E-state index in [1.165, 1.54) is 5.69 Å². The lowest BCUT2D eigenvalue weighted by molar-refractivity contribution is -0.125. The number of fused-ring (bicyclic) bond motifs is 1. The molecule has 6 heteroatoms. The van der Waals surface area contributed by atoms with Crippen molar-refractivity contribution in [1.29, 1.82) is 0 Å². The largest absolute Gasteiger partial charge is 0.372 e. The molecular weight excluding hydrogens is 376 g/mol. The van der Waals surface area contributed by atoms with E-state index in [4.69, 9.17) is 0 Å². The van der Waals surface area contributed by atoms with Crippen LogP contribution in [0.3, 0.4) is 0 Å². The van der Waals surface area contributed by atoms with Crippen molar-refractivity contribution in [2.45, 2.75) is 31.7 Å². The van der Waals surface area contributed by atoms with Gasteiger partial charge in [-0.15, -0.1) is 0 Å². The Hall–Kier alpha value is -3.02. The van der Waals surface area contributed by atoms with Crippen LogP contribution in [0.5, 0.6) is 0 Å². The number of amides is 2. The molecule has 0 aromatic heterocycles. The Morgan fingerprint density at radius 3 is 2.53 bits per heavy atom. The van der Waals surface area contributed by atoms with Crippen LogP contribution >= 0.6 is 0 Å². The predicted octanol–water partition coefficient (Wildman–Crippen LogP) is 3.26. The highest BCUT2D eigenvalue weighted by atomic mass is 16.2. The van der Waals surface area contributed by atoms with Crippen LogP contribution in [0.25, 0.3) is 0 Å². The second-order valence-corrected chi connectivity index (χ2v) is 8.24. The molecule has 0 aliphatic carbocycles. The van der Waals surface area contributed by atoms with Crippen LogP contribution < -0.4 is 20.4 Å². The van der Waals surface area contributed by atoms with Gasteiger partial charge in [0, 0.05) is 32.4 Å². The van der Waals surface area contributed by atoms with Crippen molar-refractivity contribution in [2.75, 3.05) is 41.8 Å². The third kappa shape index (κ3) is 4.58. The SMILES string of the molecule is CN1c2ccccc2NC(=O)C1CC(=O)NCCC1CCN(c2ccccc2)CC1. The van der Waals surface area contributed by atoms with E-state index in [2.05, 4.69) is 39.8 Å². The van der Waals surface area contributed by atoms with Gasteiger partial charge >= 0.3 is 0 Å². The third-order valence-corrected chi connectivity index (χ3v) is 6.30. The fourth-order valence-corrected chi connectivity index (χ4v) is 4.46. The number of hydrogen-bond donors (Lipinski definition) is 2. The number of benzene rings is 2. The van der Waals surface area contributed by atoms with E-state index in [9.17, 15) is 9.59 Å². The van der Waals surface area contributed by atoms with Gasteiger partial charge in [0.25, 0.3) is 0 Å². The molecule has 2 amide bonds. The molecule has 6 nitrogen and oxygen atoms in total. The summed E-state index contributed by atoms with van der Waals surface area (Å²) >= 11 is 0. The summed E-state index contributed by atoms with van der Waals surface area (Å²) in [5, 5.41) is 5.93. The Kier molecular flexibility index (Phi) is 6.21. The van der Waals surface area contributed by atoms with E-state index in [1.807, 2.05) is 42.3 Å². The van der Waals surface area contributed by atoms with Crippen molar-refractivity contribution in [3.8, 4) is 0 Å². The highest BCUT2D eigenvalue weighted by molar-refractivity contribution is 6.05. The summed E-state index contributed by atoms with van der Waals surface area (Å²) in [4.78, 5) is 29.2. The highest BCUT2D eigenvalue weighted by Gasteiger charge is 2.32. The molecule has 1 fully saturated rings. The molecule has 30 heavy (non-hydrogen) atoms. The number of para-hydroxylation sites is 3. The lowest BCUT2D eigenvalue weighted by atomic mass is 9.93. The van der Waals surface area contributed by atoms with Crippen LogP contribution in [0.15, 0.2) is 54.6 Å². The normalized spacial score (nSPS) is 19.2. The molecular formula is C24H30N4O2. The zero-order chi connectivity index (χ0) is 20.9. The van der Waals surface area contributed by atoms with Gasteiger partial charge in [-0.25, -0.2) is 0 Å². The van der Waals surface area contributed by atoms with Crippen LogP contribution in [0.2, 0.25) is 0 Å². The Morgan fingerprint density at radius 2 is 1.77 bits per heavy atom. The number of likely N-dealkylation sites (N-methyl/N-ethyl adjacent to an activating group) is 1. The number of hydrogen-bond acceptors (Lipinski definition) is 4. The minimum absolute atomic E-state index is 0.0666. The molecule has 2 aliphatic heterocycles. The Morgan fingerprint density at radius 1 is 1.07 bits per heavy atom. The predicted molar refractivity (Wildman–Crippen MR) is 121 cm³/mol. The fraction of sp³-hybridized carbons (Fsp3) is 0.417. The highest BCUT2D eigenvalue weighted by Crippen LogP contribution is 2.31. The zero-order valence-corrected chi connectivity index (χ0v) is 17.5. The van der Waals surface area contributed by atoms with Gasteiger partial charge in [0.2, 0.25) is 11.8 Å². The fourth-order valence-electron chi connectivity index (χ4n) is 4.46. The minimum atomic E-state index is -0.478. The maximum atomic E-state index is 12.5. The summed E-state index contributed by atoms with van der Waals surface area (Å²) < 4.78 is 0. The van der Waals surface area contributed by atoms with Crippen LogP contribution in [-0.2, 0) is 9.59 Å². The minimum Gasteiger partial charge on any atom is -0.372 e. The Bertz CT molecular complexity index is 878. The lowest BCUT2D eigenvalue weighted by Gasteiger charge is -2.35. The van der Waals surface area contributed by atoms with Crippen molar-refractivity contribution < 1.29 is 9.59 Å². The molecule has 2 N–H and O–H groups in total. The van der Waals surface area contributed by atoms with Crippen LogP contribution in [0, 0.1) is 5.92 Å². The van der Waals surface area contributed by atoms with Gasteiger partial charge in [-0.1, -0.05) is 30.3 Å². The van der Waals surface area contributed by atoms with E-state index >= 15 is 0 Å². The number of carbonyl (C=O) groups is 2. The number of anilines is 3. The first-order valence-electron chi connectivity index (χ1n) is 10.8. The summed E-state index contributed by atoms with van der Waals surface area (Å²) in [6, 6.07) is 17.7. The monoisotopic (exact) mass is 406 g/mol. The maximum Gasteiger partial charge on any atom is 0.247 e. The smallest absolute Gasteiger partial charge is 0.247 e. The van der Waals surface area contributed by atoms with Gasteiger partial charge < -0.3 is 20.4 Å². The van der Waals surface area contributed by atoms with Gasteiger partial charge in [-0.3, -0.25) is 9.59 Å². The topological polar surface area (TPSA) is 64.7 Å². The lowest BCUT2D eigenvalue weighted by Crippen LogP contribution is -2.48. The molecule has 2 aromatic carbocycles. The van der Waals surface area contributed by atoms with Gasteiger partial charge in [0.15, 0.2) is 0 Å².